The molecule has 290 valence electrons. The molecule has 0 saturated carbocycles. The normalized spacial score (nSPS) is 15.4. The average molecular weight is 769 g/mol. The van der Waals surface area contributed by atoms with Crippen LogP contribution in [0.15, 0.2) is 85.3 Å². The van der Waals surface area contributed by atoms with Crippen LogP contribution in [-0.4, -0.2) is 62.4 Å². The van der Waals surface area contributed by atoms with E-state index in [1.807, 2.05) is 68.7 Å². The van der Waals surface area contributed by atoms with Crippen molar-refractivity contribution in [1.82, 2.24) is 39.8 Å². The molecule has 0 radical (unpaired) electrons. The van der Waals surface area contributed by atoms with Crippen molar-refractivity contribution in [2.75, 3.05) is 33.3 Å². The third kappa shape index (κ3) is 7.31. The number of nitrogens with zero attached hydrogens (tertiary/aromatic N) is 6. The maximum Gasteiger partial charge on any atom is 0.173 e. The molecule has 0 spiro atoms. The van der Waals surface area contributed by atoms with Crippen LogP contribution in [-0.2, 0) is 7.05 Å². The van der Waals surface area contributed by atoms with Gasteiger partial charge in [-0.1, -0.05) is 12.1 Å². The molecule has 2 fully saturated rings. The predicted octanol–water partition coefficient (Wildman–Crippen LogP) is 9.01. The molecular formula is C45H43F3N8O. The van der Waals surface area contributed by atoms with Crippen molar-refractivity contribution in [3.8, 4) is 28.0 Å². The Balaban J connectivity index is 0.000000148. The molecule has 10 rings (SSSR count). The summed E-state index contributed by atoms with van der Waals surface area (Å²) in [5.41, 5.74) is 7.48. The summed E-state index contributed by atoms with van der Waals surface area (Å²) in [6.45, 7) is 5.73. The minimum Gasteiger partial charge on any atom is -0.494 e. The molecule has 57 heavy (non-hydrogen) atoms. The summed E-state index contributed by atoms with van der Waals surface area (Å²) in [6, 6.07) is 20.1. The summed E-state index contributed by atoms with van der Waals surface area (Å²) < 4.78 is 53.3. The van der Waals surface area contributed by atoms with Gasteiger partial charge in [-0.3, -0.25) is 4.68 Å². The summed E-state index contributed by atoms with van der Waals surface area (Å²) in [6.07, 6.45) is 9.59. The lowest BCUT2D eigenvalue weighted by atomic mass is 9.93. The summed E-state index contributed by atoms with van der Waals surface area (Å²) in [5.74, 6) is 0.343. The van der Waals surface area contributed by atoms with Crippen LogP contribution in [0.1, 0.15) is 54.6 Å². The Morgan fingerprint density at radius 2 is 1.12 bits per heavy atom. The van der Waals surface area contributed by atoms with Crippen LogP contribution in [0.25, 0.3) is 60.6 Å². The third-order valence-electron chi connectivity index (χ3n) is 11.3. The molecule has 8 aromatic rings. The van der Waals surface area contributed by atoms with E-state index < -0.39 is 5.82 Å². The van der Waals surface area contributed by atoms with Gasteiger partial charge in [-0.2, -0.15) is 5.10 Å². The van der Waals surface area contributed by atoms with Crippen LogP contribution >= 0.6 is 0 Å². The molecule has 0 unspecified atom stereocenters. The summed E-state index contributed by atoms with van der Waals surface area (Å²) in [7, 11) is 3.50. The number of aromatic nitrogens is 6. The minimum atomic E-state index is -0.425. The fraction of sp³-hybridized carbons (Fsp3) is 0.289. The highest BCUT2D eigenvalue weighted by Gasteiger charge is 2.20. The standard InChI is InChI=1S/C23H23FN4O.C22H20F2N4/c1-28-13-18-10-17(12-21(29-2)23(18)27-28)16-9-15-3-4-20(14-5-7-25-8-6-14)26-22(15)19(24)11-16;1-13-11-28-12-17(10-19(24)22(28)26-13)16-8-15-2-3-20(14-4-6-25-7-5-14)27-21(15)18(23)9-16/h3-4,9-14,25H,5-8H2,1-2H3;2-3,8-12,14,25H,4-7H2,1H3. The lowest BCUT2D eigenvalue weighted by Crippen LogP contribution is -2.27. The Labute approximate surface area is 327 Å². The Morgan fingerprint density at radius 1 is 0.596 bits per heavy atom. The zero-order chi connectivity index (χ0) is 39.2. The number of hydrogen-bond donors (Lipinski definition) is 2. The molecule has 2 saturated heterocycles. The number of pyridine rings is 3. The van der Waals surface area contributed by atoms with E-state index in [9.17, 15) is 8.78 Å². The number of halogens is 3. The fourth-order valence-corrected chi connectivity index (χ4v) is 8.32. The third-order valence-corrected chi connectivity index (χ3v) is 11.3. The van der Waals surface area contributed by atoms with Gasteiger partial charge < -0.3 is 19.8 Å². The molecule has 7 heterocycles. The van der Waals surface area contributed by atoms with Crippen molar-refractivity contribution in [2.24, 2.45) is 7.05 Å². The molecular weight excluding hydrogens is 726 g/mol. The number of fused-ring (bicyclic) bond motifs is 4. The number of methoxy groups -OCH3 is 1. The maximum atomic E-state index is 15.1. The number of ether oxygens (including phenoxy) is 1. The SMILES string of the molecule is COc1cc(-c2cc(F)c3nc(C4CCNCC4)ccc3c2)cc2cn(C)nc12.Cc1cn2cc(-c3cc(F)c4nc(C5CCNCC5)ccc4c3)cc(F)c2n1. The Morgan fingerprint density at radius 3 is 1.70 bits per heavy atom. The number of hydrogen-bond acceptors (Lipinski definition) is 7. The minimum absolute atomic E-state index is 0.274. The number of rotatable bonds is 5. The summed E-state index contributed by atoms with van der Waals surface area (Å²) in [5, 5.41) is 13.6. The quantitative estimate of drug-likeness (QED) is 0.181. The van der Waals surface area contributed by atoms with Crippen LogP contribution in [0.3, 0.4) is 0 Å². The second kappa shape index (κ2) is 15.2. The van der Waals surface area contributed by atoms with Crippen LogP contribution in [0, 0.1) is 24.4 Å². The van der Waals surface area contributed by atoms with Gasteiger partial charge in [0, 0.05) is 70.6 Å². The Kier molecular flexibility index (Phi) is 9.83. The van der Waals surface area contributed by atoms with Crippen molar-refractivity contribution in [2.45, 2.75) is 44.4 Å². The summed E-state index contributed by atoms with van der Waals surface area (Å²) in [4.78, 5) is 13.5. The highest BCUT2D eigenvalue weighted by Crippen LogP contribution is 2.35. The zero-order valence-electron chi connectivity index (χ0n) is 32.1. The van der Waals surface area contributed by atoms with E-state index in [1.54, 1.807) is 34.7 Å². The number of imidazole rings is 1. The molecule has 3 aromatic carbocycles. The number of piperidine rings is 2. The van der Waals surface area contributed by atoms with Crippen LogP contribution in [0.2, 0.25) is 0 Å². The van der Waals surface area contributed by atoms with E-state index in [-0.39, 0.29) is 17.3 Å². The van der Waals surface area contributed by atoms with Crippen molar-refractivity contribution in [1.29, 1.82) is 0 Å². The first kappa shape index (κ1) is 36.8. The van der Waals surface area contributed by atoms with Crippen molar-refractivity contribution in [3.63, 3.8) is 0 Å². The molecule has 9 nitrogen and oxygen atoms in total. The molecule has 0 amide bonds. The fourth-order valence-electron chi connectivity index (χ4n) is 8.32. The first-order valence-corrected chi connectivity index (χ1v) is 19.5. The second-order valence-corrected chi connectivity index (χ2v) is 15.2. The topological polar surface area (TPSA) is 94.2 Å². The monoisotopic (exact) mass is 768 g/mol. The molecule has 12 heteroatoms. The first-order chi connectivity index (χ1) is 27.7. The molecule has 0 atom stereocenters. The van der Waals surface area contributed by atoms with E-state index in [2.05, 4.69) is 30.7 Å². The van der Waals surface area contributed by atoms with Gasteiger partial charge >= 0.3 is 0 Å². The van der Waals surface area contributed by atoms with Crippen LogP contribution < -0.4 is 15.4 Å². The van der Waals surface area contributed by atoms with Gasteiger partial charge in [0.05, 0.1) is 12.8 Å². The van der Waals surface area contributed by atoms with Gasteiger partial charge in [-0.15, -0.1) is 0 Å². The molecule has 5 aromatic heterocycles. The van der Waals surface area contributed by atoms with Gasteiger partial charge in [0.25, 0.3) is 0 Å². The van der Waals surface area contributed by atoms with Gasteiger partial charge in [-0.05, 0) is 130 Å². The highest BCUT2D eigenvalue weighted by atomic mass is 19.1. The van der Waals surface area contributed by atoms with Crippen LogP contribution in [0.4, 0.5) is 13.2 Å². The molecule has 2 aliphatic heterocycles. The predicted molar refractivity (Wildman–Crippen MR) is 218 cm³/mol. The van der Waals surface area contributed by atoms with E-state index in [1.165, 1.54) is 12.1 Å². The number of benzene rings is 3. The largest absolute Gasteiger partial charge is 0.494 e. The molecule has 0 bridgehead atoms. The lowest BCUT2D eigenvalue weighted by molar-refractivity contribution is 0.418. The van der Waals surface area contributed by atoms with Crippen LogP contribution in [0.5, 0.6) is 5.75 Å². The second-order valence-electron chi connectivity index (χ2n) is 15.2. The smallest absolute Gasteiger partial charge is 0.173 e. The number of nitrogens with one attached hydrogen (secondary N) is 2. The Bertz CT molecular complexity index is 2780. The maximum absolute atomic E-state index is 15.1. The van der Waals surface area contributed by atoms with E-state index in [0.717, 1.165) is 102 Å². The average Bonchev–Trinajstić information content (AvgIpc) is 3.82. The van der Waals surface area contributed by atoms with Gasteiger partial charge in [0.2, 0.25) is 0 Å². The van der Waals surface area contributed by atoms with Crippen molar-refractivity contribution in [3.05, 3.63) is 120 Å². The Hall–Kier alpha value is -5.85. The molecule has 2 aliphatic rings. The summed E-state index contributed by atoms with van der Waals surface area (Å²) >= 11 is 0. The molecule has 2 N–H and O–H groups in total. The van der Waals surface area contributed by atoms with E-state index in [0.29, 0.717) is 39.7 Å². The lowest BCUT2D eigenvalue weighted by Gasteiger charge is -2.22. The first-order valence-electron chi connectivity index (χ1n) is 19.5. The van der Waals surface area contributed by atoms with E-state index >= 15 is 4.39 Å². The van der Waals surface area contributed by atoms with Gasteiger partial charge in [-0.25, -0.2) is 28.1 Å². The highest BCUT2D eigenvalue weighted by molar-refractivity contribution is 5.92. The number of aryl methyl sites for hydroxylation is 2. The van der Waals surface area contributed by atoms with Crippen molar-refractivity contribution < 1.29 is 17.9 Å². The zero-order valence-corrected chi connectivity index (χ0v) is 32.1. The van der Waals surface area contributed by atoms with E-state index in [4.69, 9.17) is 4.74 Å². The van der Waals surface area contributed by atoms with Gasteiger partial charge in [0.15, 0.2) is 11.5 Å². The van der Waals surface area contributed by atoms with Crippen molar-refractivity contribution >= 4 is 38.4 Å². The molecule has 0 aliphatic carbocycles. The van der Waals surface area contributed by atoms with Gasteiger partial charge in [0.1, 0.15) is 33.9 Å².